The van der Waals surface area contributed by atoms with Crippen LogP contribution in [-0.2, 0) is 4.79 Å². The number of nitrogens with one attached hydrogen (secondary N) is 1. The molecular weight excluding hydrogens is 90.1 g/mol. The SMILES string of the molecule is C/C=C/C(=O)C[NH]. The van der Waals surface area contributed by atoms with Crippen LogP contribution in [0.3, 0.4) is 0 Å². The number of ketones is 1. The molecule has 2 nitrogen and oxygen atoms in total. The van der Waals surface area contributed by atoms with Crippen LogP contribution in [0, 0.1) is 0 Å². The molecule has 0 saturated carbocycles. The monoisotopic (exact) mass is 98.1 g/mol. The highest BCUT2D eigenvalue weighted by atomic mass is 16.1. The Kier molecular flexibility index (Phi) is 3.24. The predicted molar refractivity (Wildman–Crippen MR) is 27.8 cm³/mol. The lowest BCUT2D eigenvalue weighted by molar-refractivity contribution is -0.113. The van der Waals surface area contributed by atoms with Crippen LogP contribution in [0.5, 0.6) is 0 Å². The molecule has 0 fully saturated rings. The Morgan fingerprint density at radius 2 is 2.43 bits per heavy atom. The summed E-state index contributed by atoms with van der Waals surface area (Å²) in [6.45, 7) is 1.62. The van der Waals surface area contributed by atoms with E-state index < -0.39 is 0 Å². The molecule has 0 rings (SSSR count). The highest BCUT2D eigenvalue weighted by Gasteiger charge is 1.84. The Balaban J connectivity index is 3.37. The van der Waals surface area contributed by atoms with Gasteiger partial charge in [-0.15, -0.1) is 0 Å². The third-order valence-electron chi connectivity index (χ3n) is 0.527. The van der Waals surface area contributed by atoms with Gasteiger partial charge in [0.25, 0.3) is 0 Å². The minimum Gasteiger partial charge on any atom is -0.293 e. The summed E-state index contributed by atoms with van der Waals surface area (Å²) < 4.78 is 0. The molecule has 0 spiro atoms. The smallest absolute Gasteiger partial charge is 0.170 e. The number of allylic oxidation sites excluding steroid dienone is 1. The van der Waals surface area contributed by atoms with Gasteiger partial charge in [0.15, 0.2) is 5.78 Å². The first kappa shape index (κ1) is 6.37. The van der Waals surface area contributed by atoms with E-state index in [-0.39, 0.29) is 12.3 Å². The molecule has 0 unspecified atom stereocenters. The summed E-state index contributed by atoms with van der Waals surface area (Å²) in [5.74, 6) is -0.137. The zero-order chi connectivity index (χ0) is 5.70. The topological polar surface area (TPSA) is 40.9 Å². The van der Waals surface area contributed by atoms with Crippen molar-refractivity contribution in [1.29, 1.82) is 0 Å². The van der Waals surface area contributed by atoms with Crippen LogP contribution in [0.1, 0.15) is 6.92 Å². The third-order valence-corrected chi connectivity index (χ3v) is 0.527. The quantitative estimate of drug-likeness (QED) is 0.461. The average Bonchev–Trinajstić information content (AvgIpc) is 1.68. The fraction of sp³-hybridized carbons (Fsp3) is 0.400. The van der Waals surface area contributed by atoms with Crippen LogP contribution < -0.4 is 5.73 Å². The fourth-order valence-electron chi connectivity index (χ4n) is 0.245. The van der Waals surface area contributed by atoms with Gasteiger partial charge in [-0.3, -0.25) is 4.79 Å². The van der Waals surface area contributed by atoms with Gasteiger partial charge in [-0.05, 0) is 13.0 Å². The second-order valence-corrected chi connectivity index (χ2v) is 1.14. The predicted octanol–water partition coefficient (Wildman–Crippen LogP) is 0.415. The highest BCUT2D eigenvalue weighted by molar-refractivity contribution is 5.90. The number of hydrogen-bond acceptors (Lipinski definition) is 1. The minimum absolute atomic E-state index is 0.135. The summed E-state index contributed by atoms with van der Waals surface area (Å²) in [6.07, 6.45) is 3.03. The summed E-state index contributed by atoms with van der Waals surface area (Å²) in [5.41, 5.74) is 6.51. The zero-order valence-electron chi connectivity index (χ0n) is 4.27. The van der Waals surface area contributed by atoms with E-state index in [2.05, 4.69) is 0 Å². The Morgan fingerprint density at radius 3 is 2.57 bits per heavy atom. The molecule has 0 aromatic heterocycles. The molecule has 0 saturated heterocycles. The molecule has 39 valence electrons. The standard InChI is InChI=1S/C5H8NO/c1-2-3-5(7)4-6/h2-3,6H,4H2,1H3/b3-2+. The van der Waals surface area contributed by atoms with Crippen molar-refractivity contribution in [3.63, 3.8) is 0 Å². The first-order valence-electron chi connectivity index (χ1n) is 2.11. The van der Waals surface area contributed by atoms with E-state index in [9.17, 15) is 4.79 Å². The van der Waals surface area contributed by atoms with Crippen molar-refractivity contribution in [3.05, 3.63) is 12.2 Å². The molecule has 0 heterocycles. The van der Waals surface area contributed by atoms with Gasteiger partial charge in [-0.25, -0.2) is 5.73 Å². The van der Waals surface area contributed by atoms with Gasteiger partial charge in [0.1, 0.15) is 0 Å². The summed E-state index contributed by atoms with van der Waals surface area (Å²) in [7, 11) is 0. The molecule has 0 aromatic rings. The first-order chi connectivity index (χ1) is 3.31. The van der Waals surface area contributed by atoms with Crippen LogP contribution in [0.25, 0.3) is 0 Å². The van der Waals surface area contributed by atoms with Gasteiger partial charge in [0, 0.05) is 0 Å². The van der Waals surface area contributed by atoms with E-state index in [1.807, 2.05) is 0 Å². The molecule has 1 radical (unpaired) electrons. The highest BCUT2D eigenvalue weighted by Crippen LogP contribution is 1.70. The molecule has 0 amide bonds. The summed E-state index contributed by atoms with van der Waals surface area (Å²) in [6, 6.07) is 0. The van der Waals surface area contributed by atoms with Crippen molar-refractivity contribution in [1.82, 2.24) is 5.73 Å². The maximum absolute atomic E-state index is 10.1. The molecular formula is C5H8NO. The van der Waals surface area contributed by atoms with Gasteiger partial charge in [0.05, 0.1) is 6.54 Å². The van der Waals surface area contributed by atoms with Gasteiger partial charge in [-0.2, -0.15) is 0 Å². The second kappa shape index (κ2) is 3.56. The van der Waals surface area contributed by atoms with Crippen LogP contribution in [-0.4, -0.2) is 12.3 Å². The fourth-order valence-corrected chi connectivity index (χ4v) is 0.245. The number of carbonyl (C=O) groups excluding carboxylic acids is 1. The van der Waals surface area contributed by atoms with Crippen LogP contribution in [0.4, 0.5) is 0 Å². The Bertz CT molecular complexity index is 86.1. The molecule has 0 aromatic carbocycles. The van der Waals surface area contributed by atoms with Gasteiger partial charge < -0.3 is 0 Å². The van der Waals surface area contributed by atoms with Gasteiger partial charge in [-0.1, -0.05) is 6.08 Å². The molecule has 0 aliphatic carbocycles. The van der Waals surface area contributed by atoms with Crippen molar-refractivity contribution >= 4 is 5.78 Å². The number of hydrogen-bond donors (Lipinski definition) is 0. The Labute approximate surface area is 43.0 Å². The van der Waals surface area contributed by atoms with Crippen LogP contribution >= 0.6 is 0 Å². The van der Waals surface area contributed by atoms with Crippen molar-refractivity contribution in [2.24, 2.45) is 0 Å². The van der Waals surface area contributed by atoms with Crippen molar-refractivity contribution < 1.29 is 4.79 Å². The van der Waals surface area contributed by atoms with Gasteiger partial charge in [0.2, 0.25) is 0 Å². The average molecular weight is 98.1 g/mol. The van der Waals surface area contributed by atoms with Crippen molar-refractivity contribution in [3.8, 4) is 0 Å². The Morgan fingerprint density at radius 1 is 1.86 bits per heavy atom. The lowest BCUT2D eigenvalue weighted by atomic mass is 10.4. The van der Waals surface area contributed by atoms with Crippen molar-refractivity contribution in [2.45, 2.75) is 6.92 Å². The number of rotatable bonds is 2. The summed E-state index contributed by atoms with van der Waals surface area (Å²) >= 11 is 0. The molecule has 0 aliphatic heterocycles. The van der Waals surface area contributed by atoms with E-state index in [1.54, 1.807) is 13.0 Å². The molecule has 1 N–H and O–H groups in total. The van der Waals surface area contributed by atoms with Gasteiger partial charge >= 0.3 is 0 Å². The largest absolute Gasteiger partial charge is 0.293 e. The summed E-state index contributed by atoms with van der Waals surface area (Å²) in [4.78, 5) is 10.1. The lowest BCUT2D eigenvalue weighted by Crippen LogP contribution is -1.99. The molecule has 0 aliphatic rings. The van der Waals surface area contributed by atoms with Crippen LogP contribution in [0.15, 0.2) is 12.2 Å². The number of carbonyl (C=O) groups is 1. The zero-order valence-corrected chi connectivity index (χ0v) is 4.27. The molecule has 0 atom stereocenters. The molecule has 7 heavy (non-hydrogen) atoms. The van der Waals surface area contributed by atoms with Crippen molar-refractivity contribution in [2.75, 3.05) is 6.54 Å². The maximum Gasteiger partial charge on any atom is 0.170 e. The first-order valence-corrected chi connectivity index (χ1v) is 2.11. The molecule has 2 heteroatoms. The van der Waals surface area contributed by atoms with E-state index >= 15 is 0 Å². The van der Waals surface area contributed by atoms with E-state index in [1.165, 1.54) is 6.08 Å². The van der Waals surface area contributed by atoms with E-state index in [4.69, 9.17) is 5.73 Å². The third kappa shape index (κ3) is 3.19. The normalized spacial score (nSPS) is 10.0. The van der Waals surface area contributed by atoms with E-state index in [0.717, 1.165) is 0 Å². The maximum atomic E-state index is 10.1. The lowest BCUT2D eigenvalue weighted by Gasteiger charge is -1.77. The Hall–Kier alpha value is -0.630. The minimum atomic E-state index is -0.137. The second-order valence-electron chi connectivity index (χ2n) is 1.14. The molecule has 0 bridgehead atoms. The summed E-state index contributed by atoms with van der Waals surface area (Å²) in [5, 5.41) is 0. The van der Waals surface area contributed by atoms with E-state index in [0.29, 0.717) is 0 Å². The van der Waals surface area contributed by atoms with Crippen LogP contribution in [0.2, 0.25) is 0 Å².